The summed E-state index contributed by atoms with van der Waals surface area (Å²) in [6.45, 7) is 8.08. The van der Waals surface area contributed by atoms with Crippen molar-refractivity contribution in [1.29, 1.82) is 0 Å². The maximum atomic E-state index is 9.64. The minimum Gasteiger partial charge on any atom is -0.396 e. The van der Waals surface area contributed by atoms with Gasteiger partial charge in [0.05, 0.1) is 5.60 Å². The first-order valence-corrected chi connectivity index (χ1v) is 4.71. The van der Waals surface area contributed by atoms with E-state index in [4.69, 9.17) is 5.11 Å². The van der Waals surface area contributed by atoms with E-state index in [0.29, 0.717) is 11.8 Å². The molecule has 2 heteroatoms. The molecule has 2 N–H and O–H groups in total. The Balaban J connectivity index is 3.76. The highest BCUT2D eigenvalue weighted by atomic mass is 16.3. The topological polar surface area (TPSA) is 40.5 Å². The van der Waals surface area contributed by atoms with Crippen LogP contribution in [-0.2, 0) is 0 Å². The number of rotatable bonds is 5. The molecule has 0 aromatic heterocycles. The zero-order valence-corrected chi connectivity index (χ0v) is 8.67. The van der Waals surface area contributed by atoms with Gasteiger partial charge in [-0.1, -0.05) is 13.8 Å². The highest BCUT2D eigenvalue weighted by Crippen LogP contribution is 2.24. The van der Waals surface area contributed by atoms with Gasteiger partial charge in [-0.15, -0.1) is 0 Å². The van der Waals surface area contributed by atoms with E-state index in [1.807, 2.05) is 20.8 Å². The second-order valence-electron chi connectivity index (χ2n) is 4.41. The molecule has 0 spiro atoms. The van der Waals surface area contributed by atoms with Crippen molar-refractivity contribution in [2.45, 2.75) is 46.1 Å². The van der Waals surface area contributed by atoms with E-state index < -0.39 is 5.60 Å². The van der Waals surface area contributed by atoms with Crippen LogP contribution in [-0.4, -0.2) is 22.4 Å². The highest BCUT2D eigenvalue weighted by Gasteiger charge is 2.23. The van der Waals surface area contributed by atoms with E-state index in [1.54, 1.807) is 0 Å². The second-order valence-corrected chi connectivity index (χ2v) is 4.41. The van der Waals surface area contributed by atoms with Gasteiger partial charge in [-0.05, 0) is 38.5 Å². The Kier molecular flexibility index (Phi) is 4.80. The van der Waals surface area contributed by atoms with Crippen LogP contribution in [0.25, 0.3) is 0 Å². The molecule has 0 bridgehead atoms. The summed E-state index contributed by atoms with van der Waals surface area (Å²) in [5, 5.41) is 18.3. The monoisotopic (exact) mass is 174 g/mol. The maximum absolute atomic E-state index is 9.64. The summed E-state index contributed by atoms with van der Waals surface area (Å²) < 4.78 is 0. The maximum Gasteiger partial charge on any atom is 0.0617 e. The Hall–Kier alpha value is -0.0800. The quantitative estimate of drug-likeness (QED) is 0.667. The van der Waals surface area contributed by atoms with Gasteiger partial charge < -0.3 is 10.2 Å². The number of aliphatic hydroxyl groups is 2. The van der Waals surface area contributed by atoms with Gasteiger partial charge in [-0.2, -0.15) is 0 Å². The number of hydrogen-bond donors (Lipinski definition) is 2. The van der Waals surface area contributed by atoms with Crippen molar-refractivity contribution in [3.63, 3.8) is 0 Å². The fraction of sp³-hybridized carbons (Fsp3) is 1.00. The lowest BCUT2D eigenvalue weighted by Gasteiger charge is -2.28. The van der Waals surface area contributed by atoms with Crippen LogP contribution in [0.15, 0.2) is 0 Å². The van der Waals surface area contributed by atoms with Crippen LogP contribution in [0.3, 0.4) is 0 Å². The summed E-state index contributed by atoms with van der Waals surface area (Å²) in [6, 6.07) is 0. The molecule has 0 aliphatic carbocycles. The summed E-state index contributed by atoms with van der Waals surface area (Å²) in [6.07, 6.45) is 1.81. The van der Waals surface area contributed by atoms with Gasteiger partial charge in [0.1, 0.15) is 0 Å². The second kappa shape index (κ2) is 4.83. The first-order valence-electron chi connectivity index (χ1n) is 4.71. The largest absolute Gasteiger partial charge is 0.396 e. The normalized spacial score (nSPS) is 17.5. The van der Waals surface area contributed by atoms with Gasteiger partial charge in [0.25, 0.3) is 0 Å². The van der Waals surface area contributed by atoms with E-state index in [0.717, 1.165) is 12.8 Å². The van der Waals surface area contributed by atoms with Crippen molar-refractivity contribution in [2.24, 2.45) is 11.8 Å². The predicted molar refractivity (Wildman–Crippen MR) is 50.9 cm³/mol. The molecule has 2 unspecified atom stereocenters. The average Bonchev–Trinajstić information content (AvgIpc) is 1.85. The fourth-order valence-electron chi connectivity index (χ4n) is 1.23. The van der Waals surface area contributed by atoms with E-state index in [2.05, 4.69) is 6.92 Å². The van der Waals surface area contributed by atoms with Crippen LogP contribution in [0.4, 0.5) is 0 Å². The molecule has 2 nitrogen and oxygen atoms in total. The molecule has 0 aromatic rings. The average molecular weight is 174 g/mol. The molecule has 0 saturated carbocycles. The Morgan fingerprint density at radius 3 is 2.08 bits per heavy atom. The molecule has 0 aromatic carbocycles. The third-order valence-corrected chi connectivity index (χ3v) is 2.58. The lowest BCUT2D eigenvalue weighted by atomic mass is 9.84. The molecule has 0 aliphatic heterocycles. The standard InChI is InChI=1S/C10H22O2/c1-8(5-6-11)7-9(2)10(3,4)12/h8-9,11-12H,5-7H2,1-4H3. The van der Waals surface area contributed by atoms with Gasteiger partial charge in [0.2, 0.25) is 0 Å². The van der Waals surface area contributed by atoms with Gasteiger partial charge in [-0.25, -0.2) is 0 Å². The molecule has 0 rings (SSSR count). The van der Waals surface area contributed by atoms with Crippen LogP contribution in [0, 0.1) is 11.8 Å². The fourth-order valence-corrected chi connectivity index (χ4v) is 1.23. The van der Waals surface area contributed by atoms with E-state index >= 15 is 0 Å². The molecule has 12 heavy (non-hydrogen) atoms. The van der Waals surface area contributed by atoms with Gasteiger partial charge in [0, 0.05) is 6.61 Å². The zero-order chi connectivity index (χ0) is 9.78. The molecule has 0 heterocycles. The lowest BCUT2D eigenvalue weighted by molar-refractivity contribution is 0.0139. The lowest BCUT2D eigenvalue weighted by Crippen LogP contribution is -2.29. The Bertz CT molecular complexity index is 115. The first kappa shape index (κ1) is 11.9. The van der Waals surface area contributed by atoms with E-state index in [9.17, 15) is 5.11 Å². The Labute approximate surface area is 75.6 Å². The molecule has 0 amide bonds. The van der Waals surface area contributed by atoms with E-state index in [-0.39, 0.29) is 6.61 Å². The van der Waals surface area contributed by atoms with Gasteiger partial charge >= 0.3 is 0 Å². The molecule has 0 aliphatic rings. The number of hydrogen-bond acceptors (Lipinski definition) is 2. The van der Waals surface area contributed by atoms with Crippen LogP contribution < -0.4 is 0 Å². The van der Waals surface area contributed by atoms with Crippen molar-refractivity contribution in [3.8, 4) is 0 Å². The first-order chi connectivity index (χ1) is 5.38. The molecular formula is C10H22O2. The van der Waals surface area contributed by atoms with Crippen molar-refractivity contribution >= 4 is 0 Å². The van der Waals surface area contributed by atoms with Crippen LogP contribution in [0.1, 0.15) is 40.5 Å². The Morgan fingerprint density at radius 1 is 1.25 bits per heavy atom. The van der Waals surface area contributed by atoms with Gasteiger partial charge in [-0.3, -0.25) is 0 Å². The summed E-state index contributed by atoms with van der Waals surface area (Å²) in [5.41, 5.74) is -0.594. The molecule has 0 fully saturated rings. The molecular weight excluding hydrogens is 152 g/mol. The van der Waals surface area contributed by atoms with Crippen molar-refractivity contribution in [1.82, 2.24) is 0 Å². The van der Waals surface area contributed by atoms with Gasteiger partial charge in [0.15, 0.2) is 0 Å². The summed E-state index contributed by atoms with van der Waals surface area (Å²) in [7, 11) is 0. The molecule has 2 atom stereocenters. The van der Waals surface area contributed by atoms with Crippen LogP contribution >= 0.6 is 0 Å². The predicted octanol–water partition coefficient (Wildman–Crippen LogP) is 1.80. The van der Waals surface area contributed by atoms with Crippen molar-refractivity contribution in [3.05, 3.63) is 0 Å². The minimum absolute atomic E-state index is 0.250. The minimum atomic E-state index is -0.594. The van der Waals surface area contributed by atoms with Crippen LogP contribution in [0.5, 0.6) is 0 Å². The summed E-state index contributed by atoms with van der Waals surface area (Å²) in [5.74, 6) is 0.787. The zero-order valence-electron chi connectivity index (χ0n) is 8.67. The van der Waals surface area contributed by atoms with E-state index in [1.165, 1.54) is 0 Å². The SMILES string of the molecule is CC(CCO)CC(C)C(C)(C)O. The third-order valence-electron chi connectivity index (χ3n) is 2.58. The molecule has 0 radical (unpaired) electrons. The number of aliphatic hydroxyl groups excluding tert-OH is 1. The van der Waals surface area contributed by atoms with Crippen molar-refractivity contribution in [2.75, 3.05) is 6.61 Å². The summed E-state index contributed by atoms with van der Waals surface area (Å²) >= 11 is 0. The summed E-state index contributed by atoms with van der Waals surface area (Å²) in [4.78, 5) is 0. The Morgan fingerprint density at radius 2 is 1.75 bits per heavy atom. The van der Waals surface area contributed by atoms with Crippen LogP contribution in [0.2, 0.25) is 0 Å². The molecule has 0 saturated heterocycles. The third kappa shape index (κ3) is 4.73. The highest BCUT2D eigenvalue weighted by molar-refractivity contribution is 4.74. The molecule has 74 valence electrons. The smallest absolute Gasteiger partial charge is 0.0617 e. The van der Waals surface area contributed by atoms with Crippen molar-refractivity contribution < 1.29 is 10.2 Å².